The molecule has 0 spiro atoms. The quantitative estimate of drug-likeness (QED) is 0.662. The Kier molecular flexibility index (Phi) is 2.40. The lowest BCUT2D eigenvalue weighted by atomic mass is 10.3. The molecule has 0 aliphatic rings. The topological polar surface area (TPSA) is 25.8 Å². The zero-order chi connectivity index (χ0) is 8.27. The highest BCUT2D eigenvalue weighted by Crippen LogP contribution is 2.21. The van der Waals surface area contributed by atoms with Gasteiger partial charge in [-0.1, -0.05) is 0 Å². The van der Waals surface area contributed by atoms with E-state index >= 15 is 0 Å². The molecule has 1 unspecified atom stereocenters. The minimum Gasteiger partial charge on any atom is -0.261 e. The van der Waals surface area contributed by atoms with Gasteiger partial charge in [0.05, 0.1) is 11.9 Å². The maximum atomic E-state index is 12.4. The van der Waals surface area contributed by atoms with Crippen LogP contribution in [-0.4, -0.2) is 16.4 Å². The van der Waals surface area contributed by atoms with Crippen molar-refractivity contribution in [1.29, 1.82) is 0 Å². The number of hydrogen-bond acceptors (Lipinski definition) is 2. The highest BCUT2D eigenvalue weighted by molar-refractivity contribution is 4.99. The van der Waals surface area contributed by atoms with Crippen LogP contribution in [0.5, 0.6) is 0 Å². The molecule has 0 aliphatic carbocycles. The second kappa shape index (κ2) is 3.32. The van der Waals surface area contributed by atoms with Gasteiger partial charge in [0, 0.05) is 12.4 Å². The zero-order valence-corrected chi connectivity index (χ0v) is 5.42. The maximum Gasteiger partial charge on any atom is 0.275 e. The normalized spacial score (nSPS) is 13.5. The molecule has 11 heavy (non-hydrogen) atoms. The Bertz CT molecular complexity index is 214. The first-order valence-corrected chi connectivity index (χ1v) is 2.90. The summed E-state index contributed by atoms with van der Waals surface area (Å²) in [7, 11) is 0. The fraction of sp³-hybridized carbons (Fsp3) is 0.333. The molecule has 0 radical (unpaired) electrons. The minimum absolute atomic E-state index is 0.331. The molecule has 0 bridgehead atoms. The summed E-state index contributed by atoms with van der Waals surface area (Å²) in [6.45, 7) is 0. The lowest BCUT2D eigenvalue weighted by Crippen LogP contribution is -2.05. The lowest BCUT2D eigenvalue weighted by Gasteiger charge is -2.03. The predicted octanol–water partition coefficient (Wildman–Crippen LogP) is 1.75. The van der Waals surface area contributed by atoms with Crippen molar-refractivity contribution in [2.45, 2.75) is 12.6 Å². The number of rotatable bonds is 2. The third-order valence-corrected chi connectivity index (χ3v) is 1.09. The minimum atomic E-state index is -3.04. The van der Waals surface area contributed by atoms with Crippen LogP contribution in [0.25, 0.3) is 0 Å². The van der Waals surface area contributed by atoms with E-state index in [9.17, 15) is 13.2 Å². The van der Waals surface area contributed by atoms with Gasteiger partial charge in [0.15, 0.2) is 0 Å². The van der Waals surface area contributed by atoms with Gasteiger partial charge in [0.25, 0.3) is 6.43 Å². The van der Waals surface area contributed by atoms with E-state index in [1.807, 2.05) is 0 Å². The van der Waals surface area contributed by atoms with Crippen LogP contribution in [0, 0.1) is 0 Å². The standard InChI is InChI=1S/C6H5F3N2/c7-5(6(8)9)4-3-10-1-2-11-4/h1-3,5-6H. The van der Waals surface area contributed by atoms with E-state index in [-0.39, 0.29) is 5.69 Å². The molecule has 0 fully saturated rings. The van der Waals surface area contributed by atoms with E-state index in [0.717, 1.165) is 6.20 Å². The summed E-state index contributed by atoms with van der Waals surface area (Å²) >= 11 is 0. The number of alkyl halides is 3. The van der Waals surface area contributed by atoms with Gasteiger partial charge in [-0.25, -0.2) is 13.2 Å². The molecule has 1 atom stereocenters. The van der Waals surface area contributed by atoms with Crippen LogP contribution in [0.2, 0.25) is 0 Å². The van der Waals surface area contributed by atoms with E-state index in [1.54, 1.807) is 0 Å². The summed E-state index contributed by atoms with van der Waals surface area (Å²) in [5, 5.41) is 0. The molecule has 1 aromatic heterocycles. The molecular formula is C6H5F3N2. The molecular weight excluding hydrogens is 157 g/mol. The van der Waals surface area contributed by atoms with Gasteiger partial charge in [-0.2, -0.15) is 0 Å². The molecule has 2 nitrogen and oxygen atoms in total. The highest BCUT2D eigenvalue weighted by atomic mass is 19.3. The lowest BCUT2D eigenvalue weighted by molar-refractivity contribution is 0.0471. The predicted molar refractivity (Wildman–Crippen MR) is 31.9 cm³/mol. The van der Waals surface area contributed by atoms with Crippen molar-refractivity contribution in [2.75, 3.05) is 0 Å². The van der Waals surface area contributed by atoms with E-state index in [2.05, 4.69) is 9.97 Å². The Balaban J connectivity index is 2.77. The molecule has 0 saturated heterocycles. The summed E-state index contributed by atoms with van der Waals surface area (Å²) in [6.07, 6.45) is -1.92. The average molecular weight is 162 g/mol. The molecule has 60 valence electrons. The van der Waals surface area contributed by atoms with Crippen LogP contribution in [-0.2, 0) is 0 Å². The second-order valence-electron chi connectivity index (χ2n) is 1.87. The van der Waals surface area contributed by atoms with Crippen LogP contribution >= 0.6 is 0 Å². The van der Waals surface area contributed by atoms with Gasteiger partial charge in [-0.3, -0.25) is 9.97 Å². The van der Waals surface area contributed by atoms with Crippen LogP contribution in [0.15, 0.2) is 18.6 Å². The summed E-state index contributed by atoms with van der Waals surface area (Å²) in [4.78, 5) is 6.83. The Hall–Kier alpha value is -1.13. The molecule has 1 aromatic rings. The Morgan fingerprint density at radius 1 is 1.18 bits per heavy atom. The molecule has 0 saturated carbocycles. The first-order chi connectivity index (χ1) is 5.22. The number of nitrogens with zero attached hydrogens (tertiary/aromatic N) is 2. The Morgan fingerprint density at radius 2 is 1.91 bits per heavy atom. The van der Waals surface area contributed by atoms with Crippen molar-refractivity contribution in [2.24, 2.45) is 0 Å². The van der Waals surface area contributed by atoms with Crippen molar-refractivity contribution in [3.8, 4) is 0 Å². The van der Waals surface area contributed by atoms with E-state index in [0.29, 0.717) is 0 Å². The van der Waals surface area contributed by atoms with E-state index in [1.165, 1.54) is 12.4 Å². The monoisotopic (exact) mass is 162 g/mol. The van der Waals surface area contributed by atoms with Gasteiger partial charge < -0.3 is 0 Å². The number of aromatic nitrogens is 2. The van der Waals surface area contributed by atoms with Gasteiger partial charge in [0.2, 0.25) is 6.17 Å². The first-order valence-electron chi connectivity index (χ1n) is 2.90. The van der Waals surface area contributed by atoms with Gasteiger partial charge in [-0.05, 0) is 0 Å². The van der Waals surface area contributed by atoms with Gasteiger partial charge in [-0.15, -0.1) is 0 Å². The third kappa shape index (κ3) is 1.89. The Labute approximate surface area is 61.1 Å². The molecule has 0 amide bonds. The highest BCUT2D eigenvalue weighted by Gasteiger charge is 2.22. The summed E-state index contributed by atoms with van der Waals surface area (Å²) in [6, 6.07) is 0. The summed E-state index contributed by atoms with van der Waals surface area (Å²) in [5.41, 5.74) is -0.331. The summed E-state index contributed by atoms with van der Waals surface area (Å²) in [5.74, 6) is 0. The van der Waals surface area contributed by atoms with E-state index < -0.39 is 12.6 Å². The smallest absolute Gasteiger partial charge is 0.261 e. The molecule has 0 aliphatic heterocycles. The van der Waals surface area contributed by atoms with Crippen LogP contribution in [0.3, 0.4) is 0 Å². The first kappa shape index (κ1) is 7.97. The van der Waals surface area contributed by atoms with Crippen molar-refractivity contribution >= 4 is 0 Å². The molecule has 5 heteroatoms. The van der Waals surface area contributed by atoms with E-state index in [4.69, 9.17) is 0 Å². The van der Waals surface area contributed by atoms with Crippen LogP contribution < -0.4 is 0 Å². The number of hydrogen-bond donors (Lipinski definition) is 0. The van der Waals surface area contributed by atoms with Crippen molar-refractivity contribution < 1.29 is 13.2 Å². The molecule has 0 N–H and O–H groups in total. The van der Waals surface area contributed by atoms with Crippen molar-refractivity contribution in [3.05, 3.63) is 24.3 Å². The molecule has 1 heterocycles. The van der Waals surface area contributed by atoms with Crippen LogP contribution in [0.4, 0.5) is 13.2 Å². The SMILES string of the molecule is FC(F)C(F)c1cnccn1. The zero-order valence-electron chi connectivity index (χ0n) is 5.42. The second-order valence-corrected chi connectivity index (χ2v) is 1.87. The van der Waals surface area contributed by atoms with Crippen LogP contribution in [0.1, 0.15) is 11.9 Å². The number of halogens is 3. The Morgan fingerprint density at radius 3 is 2.36 bits per heavy atom. The van der Waals surface area contributed by atoms with Gasteiger partial charge in [0.1, 0.15) is 0 Å². The molecule has 0 aromatic carbocycles. The molecule has 1 rings (SSSR count). The summed E-state index contributed by atoms with van der Waals surface area (Å²) < 4.78 is 35.7. The third-order valence-electron chi connectivity index (χ3n) is 1.09. The van der Waals surface area contributed by atoms with Crippen molar-refractivity contribution in [3.63, 3.8) is 0 Å². The largest absolute Gasteiger partial charge is 0.275 e. The van der Waals surface area contributed by atoms with Gasteiger partial charge >= 0.3 is 0 Å². The average Bonchev–Trinajstić information content (AvgIpc) is 2.05. The fourth-order valence-corrected chi connectivity index (χ4v) is 0.582. The fourth-order valence-electron chi connectivity index (χ4n) is 0.582. The van der Waals surface area contributed by atoms with Crippen molar-refractivity contribution in [1.82, 2.24) is 9.97 Å². The maximum absolute atomic E-state index is 12.4.